The predicted molar refractivity (Wildman–Crippen MR) is 84.3 cm³/mol. The Kier molecular flexibility index (Phi) is 5.39. The monoisotopic (exact) mass is 319 g/mol. The van der Waals surface area contributed by atoms with E-state index >= 15 is 0 Å². The minimum Gasteiger partial charge on any atom is -0.503 e. The van der Waals surface area contributed by atoms with E-state index in [1.54, 1.807) is 32.4 Å². The molecule has 1 amide bonds. The van der Waals surface area contributed by atoms with Crippen LogP contribution in [-0.4, -0.2) is 49.1 Å². The van der Waals surface area contributed by atoms with Crippen molar-refractivity contribution < 1.29 is 24.2 Å². The third-order valence-corrected chi connectivity index (χ3v) is 3.84. The molecule has 0 radical (unpaired) electrons. The Labute approximate surface area is 135 Å². The molecule has 0 saturated heterocycles. The van der Waals surface area contributed by atoms with Crippen molar-refractivity contribution in [1.82, 2.24) is 4.90 Å². The summed E-state index contributed by atoms with van der Waals surface area (Å²) in [5, 5.41) is 10.1. The first kappa shape index (κ1) is 17.0. The number of hydrogen-bond acceptors (Lipinski definition) is 5. The molecule has 124 valence electrons. The van der Waals surface area contributed by atoms with Gasteiger partial charge in [0.15, 0.2) is 11.5 Å². The SMILES string of the molecule is COCCCN1C(=O)C(O)=C(C(C)=O)[C@@H]1c1cccc(OC)c1. The second kappa shape index (κ2) is 7.28. The summed E-state index contributed by atoms with van der Waals surface area (Å²) in [6, 6.07) is 6.55. The van der Waals surface area contributed by atoms with Gasteiger partial charge in [-0.05, 0) is 31.0 Å². The standard InChI is InChI=1S/C17H21NO5/c1-11(19)14-15(12-6-4-7-13(10-12)23-3)18(8-5-9-22-2)17(21)16(14)20/h4,6-7,10,15,20H,5,8-9H2,1-3H3/t15-/m0/s1. The van der Waals surface area contributed by atoms with Gasteiger partial charge in [-0.25, -0.2) is 0 Å². The fourth-order valence-corrected chi connectivity index (χ4v) is 2.78. The van der Waals surface area contributed by atoms with Crippen LogP contribution < -0.4 is 4.74 Å². The topological polar surface area (TPSA) is 76.1 Å². The summed E-state index contributed by atoms with van der Waals surface area (Å²) in [5.41, 5.74) is 0.852. The van der Waals surface area contributed by atoms with Crippen molar-refractivity contribution in [1.29, 1.82) is 0 Å². The number of carbonyl (C=O) groups is 2. The number of Topliss-reactive ketones (excluding diaryl/α,β-unsaturated/α-hetero) is 1. The molecule has 0 aliphatic carbocycles. The molecule has 1 aromatic rings. The molecule has 1 aliphatic rings. The van der Waals surface area contributed by atoms with Crippen LogP contribution in [0.4, 0.5) is 0 Å². The van der Waals surface area contributed by atoms with Gasteiger partial charge in [-0.1, -0.05) is 12.1 Å². The van der Waals surface area contributed by atoms with E-state index in [0.717, 1.165) is 5.56 Å². The maximum absolute atomic E-state index is 12.3. The van der Waals surface area contributed by atoms with Crippen LogP contribution in [0.3, 0.4) is 0 Å². The van der Waals surface area contributed by atoms with Crippen LogP contribution in [-0.2, 0) is 14.3 Å². The number of ether oxygens (including phenoxy) is 2. The fourth-order valence-electron chi connectivity index (χ4n) is 2.78. The van der Waals surface area contributed by atoms with Crippen LogP contribution in [0.25, 0.3) is 0 Å². The normalized spacial score (nSPS) is 17.8. The number of methoxy groups -OCH3 is 2. The highest BCUT2D eigenvalue weighted by atomic mass is 16.5. The molecule has 1 aromatic carbocycles. The summed E-state index contributed by atoms with van der Waals surface area (Å²) < 4.78 is 10.2. The average molecular weight is 319 g/mol. The molecular weight excluding hydrogens is 298 g/mol. The van der Waals surface area contributed by atoms with Crippen LogP contribution in [0.2, 0.25) is 0 Å². The smallest absolute Gasteiger partial charge is 0.290 e. The summed E-state index contributed by atoms with van der Waals surface area (Å²) in [6.45, 7) is 2.23. The molecule has 0 aromatic heterocycles. The second-order valence-corrected chi connectivity index (χ2v) is 5.34. The number of benzene rings is 1. The van der Waals surface area contributed by atoms with Crippen molar-refractivity contribution in [3.63, 3.8) is 0 Å². The lowest BCUT2D eigenvalue weighted by molar-refractivity contribution is -0.129. The van der Waals surface area contributed by atoms with Crippen molar-refractivity contribution in [2.24, 2.45) is 0 Å². The molecule has 6 heteroatoms. The molecule has 23 heavy (non-hydrogen) atoms. The number of amides is 1. The highest BCUT2D eigenvalue weighted by Crippen LogP contribution is 2.38. The third kappa shape index (κ3) is 3.37. The van der Waals surface area contributed by atoms with E-state index in [9.17, 15) is 14.7 Å². The van der Waals surface area contributed by atoms with E-state index in [2.05, 4.69) is 0 Å². The molecular formula is C17H21NO5. The van der Waals surface area contributed by atoms with Gasteiger partial charge in [0.25, 0.3) is 5.91 Å². The van der Waals surface area contributed by atoms with E-state index in [1.807, 2.05) is 6.07 Å². The van der Waals surface area contributed by atoms with E-state index < -0.39 is 17.7 Å². The summed E-state index contributed by atoms with van der Waals surface area (Å²) in [5.74, 6) is -0.694. The van der Waals surface area contributed by atoms with Gasteiger partial charge >= 0.3 is 0 Å². The first-order valence-electron chi connectivity index (χ1n) is 7.39. The zero-order valence-electron chi connectivity index (χ0n) is 13.5. The Balaban J connectivity index is 2.42. The van der Waals surface area contributed by atoms with Crippen molar-refractivity contribution in [3.8, 4) is 5.75 Å². The van der Waals surface area contributed by atoms with Gasteiger partial charge in [0, 0.05) is 20.3 Å². The molecule has 0 fully saturated rings. The summed E-state index contributed by atoms with van der Waals surface area (Å²) in [4.78, 5) is 25.8. The van der Waals surface area contributed by atoms with Crippen molar-refractivity contribution >= 4 is 11.7 Å². The van der Waals surface area contributed by atoms with Crippen LogP contribution in [0.15, 0.2) is 35.6 Å². The van der Waals surface area contributed by atoms with Crippen LogP contribution in [0, 0.1) is 0 Å². The molecule has 0 spiro atoms. The number of nitrogens with zero attached hydrogens (tertiary/aromatic N) is 1. The minimum absolute atomic E-state index is 0.126. The molecule has 1 heterocycles. The van der Waals surface area contributed by atoms with E-state index in [1.165, 1.54) is 11.8 Å². The maximum atomic E-state index is 12.3. The highest BCUT2D eigenvalue weighted by molar-refractivity contribution is 6.08. The number of carbonyl (C=O) groups excluding carboxylic acids is 2. The maximum Gasteiger partial charge on any atom is 0.290 e. The Bertz CT molecular complexity index is 638. The summed E-state index contributed by atoms with van der Waals surface area (Å²) in [6.07, 6.45) is 0.612. The number of aliphatic hydroxyl groups excluding tert-OH is 1. The van der Waals surface area contributed by atoms with Crippen LogP contribution >= 0.6 is 0 Å². The number of rotatable bonds is 7. The average Bonchev–Trinajstić information content (AvgIpc) is 2.80. The molecule has 0 unspecified atom stereocenters. The quantitative estimate of drug-likeness (QED) is 0.778. The Morgan fingerprint density at radius 3 is 2.70 bits per heavy atom. The highest BCUT2D eigenvalue weighted by Gasteiger charge is 2.42. The minimum atomic E-state index is -0.605. The van der Waals surface area contributed by atoms with Gasteiger partial charge in [-0.15, -0.1) is 0 Å². The summed E-state index contributed by atoms with van der Waals surface area (Å²) >= 11 is 0. The molecule has 1 aliphatic heterocycles. The van der Waals surface area contributed by atoms with Crippen molar-refractivity contribution in [2.75, 3.05) is 27.4 Å². The van der Waals surface area contributed by atoms with Gasteiger partial charge in [-0.2, -0.15) is 0 Å². The van der Waals surface area contributed by atoms with Gasteiger partial charge in [0.2, 0.25) is 0 Å². The van der Waals surface area contributed by atoms with Gasteiger partial charge in [-0.3, -0.25) is 9.59 Å². The number of hydrogen-bond donors (Lipinski definition) is 1. The first-order valence-corrected chi connectivity index (χ1v) is 7.39. The molecule has 1 atom stereocenters. The van der Waals surface area contributed by atoms with Gasteiger partial charge < -0.3 is 19.5 Å². The zero-order chi connectivity index (χ0) is 17.0. The van der Waals surface area contributed by atoms with E-state index in [-0.39, 0.29) is 11.4 Å². The third-order valence-electron chi connectivity index (χ3n) is 3.84. The van der Waals surface area contributed by atoms with E-state index in [4.69, 9.17) is 9.47 Å². The Morgan fingerprint density at radius 2 is 2.09 bits per heavy atom. The predicted octanol–water partition coefficient (Wildman–Crippen LogP) is 2.02. The second-order valence-electron chi connectivity index (χ2n) is 5.34. The molecule has 0 bridgehead atoms. The largest absolute Gasteiger partial charge is 0.503 e. The molecule has 2 rings (SSSR count). The molecule has 1 N–H and O–H groups in total. The molecule has 0 saturated carbocycles. The number of ketones is 1. The number of aliphatic hydroxyl groups is 1. The van der Waals surface area contributed by atoms with E-state index in [0.29, 0.717) is 25.3 Å². The van der Waals surface area contributed by atoms with Crippen molar-refractivity contribution in [3.05, 3.63) is 41.2 Å². The van der Waals surface area contributed by atoms with Crippen LogP contribution in [0.5, 0.6) is 5.75 Å². The molecule has 6 nitrogen and oxygen atoms in total. The van der Waals surface area contributed by atoms with Gasteiger partial charge in [0.1, 0.15) is 5.75 Å². The van der Waals surface area contributed by atoms with Crippen molar-refractivity contribution in [2.45, 2.75) is 19.4 Å². The first-order chi connectivity index (χ1) is 11.0. The zero-order valence-corrected chi connectivity index (χ0v) is 13.5. The summed E-state index contributed by atoms with van der Waals surface area (Å²) in [7, 11) is 3.14. The van der Waals surface area contributed by atoms with Crippen LogP contribution in [0.1, 0.15) is 24.9 Å². The fraction of sp³-hybridized carbons (Fsp3) is 0.412. The lowest BCUT2D eigenvalue weighted by atomic mass is 9.96. The lowest BCUT2D eigenvalue weighted by Crippen LogP contribution is -2.32. The lowest BCUT2D eigenvalue weighted by Gasteiger charge is -2.26. The Morgan fingerprint density at radius 1 is 1.35 bits per heavy atom. The van der Waals surface area contributed by atoms with Gasteiger partial charge in [0.05, 0.1) is 18.7 Å². The Hall–Kier alpha value is -2.34.